The van der Waals surface area contributed by atoms with Crippen molar-refractivity contribution in [2.75, 3.05) is 5.01 Å². The third kappa shape index (κ3) is 3.50. The first-order valence-electron chi connectivity index (χ1n) is 9.18. The third-order valence-electron chi connectivity index (χ3n) is 4.98. The van der Waals surface area contributed by atoms with Crippen molar-refractivity contribution in [2.24, 2.45) is 5.10 Å². The molecular formula is C23H19Cl2N3O. The summed E-state index contributed by atoms with van der Waals surface area (Å²) in [4.78, 5) is 13.0. The molecule has 0 aliphatic carbocycles. The topological polar surface area (TPSA) is 37.6 Å². The molecule has 1 amide bonds. The number of aryl methyl sites for hydroxylation is 1. The van der Waals surface area contributed by atoms with Gasteiger partial charge in [0.05, 0.1) is 27.7 Å². The fraction of sp³-hybridized carbons (Fsp3) is 0.130. The fourth-order valence-electron chi connectivity index (χ4n) is 3.55. The number of nitrogens with zero attached hydrogens (tertiary/aromatic N) is 3. The van der Waals surface area contributed by atoms with E-state index in [4.69, 9.17) is 23.2 Å². The van der Waals surface area contributed by atoms with E-state index in [0.29, 0.717) is 21.3 Å². The summed E-state index contributed by atoms with van der Waals surface area (Å²) in [6.45, 7) is 5.84. The van der Waals surface area contributed by atoms with Gasteiger partial charge in [-0.25, -0.2) is 0 Å². The second-order valence-corrected chi connectivity index (χ2v) is 7.80. The molecule has 3 aromatic rings. The van der Waals surface area contributed by atoms with Crippen molar-refractivity contribution in [3.8, 4) is 5.69 Å². The minimum absolute atomic E-state index is 0.140. The SMILES string of the molecule is CC1=NN(c2ccccc2)C(=O)/C1=C/c1cc(C)n(-c2cc(Cl)ccc2Cl)c1C. The van der Waals surface area contributed by atoms with Gasteiger partial charge in [-0.1, -0.05) is 41.4 Å². The predicted molar refractivity (Wildman–Crippen MR) is 120 cm³/mol. The van der Waals surface area contributed by atoms with Crippen LogP contribution in [0.25, 0.3) is 11.8 Å². The summed E-state index contributed by atoms with van der Waals surface area (Å²) < 4.78 is 2.04. The normalized spacial score (nSPS) is 15.3. The van der Waals surface area contributed by atoms with E-state index in [-0.39, 0.29) is 5.91 Å². The van der Waals surface area contributed by atoms with Gasteiger partial charge >= 0.3 is 0 Å². The van der Waals surface area contributed by atoms with Crippen molar-refractivity contribution in [3.05, 3.63) is 87.2 Å². The molecule has 1 aliphatic rings. The van der Waals surface area contributed by atoms with Gasteiger partial charge < -0.3 is 4.57 Å². The van der Waals surface area contributed by atoms with Crippen LogP contribution in [0.4, 0.5) is 5.69 Å². The van der Waals surface area contributed by atoms with E-state index in [9.17, 15) is 4.79 Å². The van der Waals surface area contributed by atoms with Crippen LogP contribution >= 0.6 is 23.2 Å². The zero-order chi connectivity index (χ0) is 20.7. The van der Waals surface area contributed by atoms with E-state index in [1.807, 2.05) is 73.9 Å². The number of carbonyl (C=O) groups excluding carboxylic acids is 1. The van der Waals surface area contributed by atoms with Crippen LogP contribution in [0, 0.1) is 13.8 Å². The summed E-state index contributed by atoms with van der Waals surface area (Å²) >= 11 is 12.6. The Balaban J connectivity index is 1.76. The number of aromatic nitrogens is 1. The molecule has 0 bridgehead atoms. The quantitative estimate of drug-likeness (QED) is 0.461. The van der Waals surface area contributed by atoms with E-state index in [2.05, 4.69) is 5.10 Å². The van der Waals surface area contributed by atoms with E-state index in [1.165, 1.54) is 5.01 Å². The summed E-state index contributed by atoms with van der Waals surface area (Å²) in [6, 6.07) is 16.8. The Kier molecular flexibility index (Phi) is 5.07. The molecule has 4 nitrogen and oxygen atoms in total. The third-order valence-corrected chi connectivity index (χ3v) is 5.54. The second-order valence-electron chi connectivity index (χ2n) is 6.95. The molecule has 2 heterocycles. The monoisotopic (exact) mass is 423 g/mol. The van der Waals surface area contributed by atoms with Crippen LogP contribution in [0.2, 0.25) is 10.0 Å². The molecule has 1 aliphatic heterocycles. The summed E-state index contributed by atoms with van der Waals surface area (Å²) in [5.74, 6) is -0.140. The van der Waals surface area contributed by atoms with Gasteiger partial charge in [0.25, 0.3) is 5.91 Å². The van der Waals surface area contributed by atoms with Gasteiger partial charge in [-0.05, 0) is 68.8 Å². The van der Waals surface area contributed by atoms with Crippen LogP contribution in [-0.4, -0.2) is 16.2 Å². The molecule has 6 heteroatoms. The maximum absolute atomic E-state index is 13.0. The average molecular weight is 424 g/mol. The molecule has 29 heavy (non-hydrogen) atoms. The van der Waals surface area contributed by atoms with Gasteiger partial charge in [0.2, 0.25) is 0 Å². The summed E-state index contributed by atoms with van der Waals surface area (Å²) in [7, 11) is 0. The van der Waals surface area contributed by atoms with Crippen molar-refractivity contribution in [1.29, 1.82) is 0 Å². The molecule has 1 aromatic heterocycles. The molecule has 0 fully saturated rings. The summed E-state index contributed by atoms with van der Waals surface area (Å²) in [5, 5.41) is 7.11. The Bertz CT molecular complexity index is 1180. The highest BCUT2D eigenvalue weighted by Crippen LogP contribution is 2.31. The number of rotatable bonds is 3. The van der Waals surface area contributed by atoms with Gasteiger partial charge in [-0.15, -0.1) is 0 Å². The fourth-order valence-corrected chi connectivity index (χ4v) is 3.91. The number of amides is 1. The predicted octanol–water partition coefficient (Wildman–Crippen LogP) is 6.21. The van der Waals surface area contributed by atoms with E-state index < -0.39 is 0 Å². The number of hydrogen-bond acceptors (Lipinski definition) is 2. The van der Waals surface area contributed by atoms with Crippen LogP contribution in [0.3, 0.4) is 0 Å². The van der Waals surface area contributed by atoms with Gasteiger partial charge in [0, 0.05) is 16.4 Å². The number of hydrazone groups is 1. The largest absolute Gasteiger partial charge is 0.316 e. The number of hydrogen-bond donors (Lipinski definition) is 0. The standard InChI is InChI=1S/C23H19Cl2N3O/c1-14-11-17(16(3)27(14)22-13-18(24)9-10-21(22)25)12-20-15(2)26-28(23(20)29)19-7-5-4-6-8-19/h4-13H,1-3H3/b20-12+. The van der Waals surface area contributed by atoms with Crippen molar-refractivity contribution in [3.63, 3.8) is 0 Å². The van der Waals surface area contributed by atoms with E-state index in [0.717, 1.165) is 28.3 Å². The molecule has 4 rings (SSSR count). The smallest absolute Gasteiger partial charge is 0.280 e. The number of halogens is 2. The highest BCUT2D eigenvalue weighted by molar-refractivity contribution is 6.34. The average Bonchev–Trinajstić information content (AvgIpc) is 3.14. The Morgan fingerprint density at radius 2 is 1.69 bits per heavy atom. The van der Waals surface area contributed by atoms with E-state index in [1.54, 1.807) is 12.1 Å². The molecule has 2 aromatic carbocycles. The minimum atomic E-state index is -0.140. The molecule has 0 N–H and O–H groups in total. The summed E-state index contributed by atoms with van der Waals surface area (Å²) in [5.41, 5.74) is 5.72. The maximum atomic E-state index is 13.0. The second kappa shape index (κ2) is 7.54. The van der Waals surface area contributed by atoms with Crippen LogP contribution in [0.5, 0.6) is 0 Å². The molecule has 146 valence electrons. The number of benzene rings is 2. The van der Waals surface area contributed by atoms with Crippen LogP contribution in [0.1, 0.15) is 23.9 Å². The lowest BCUT2D eigenvalue weighted by molar-refractivity contribution is -0.114. The first kappa shape index (κ1) is 19.5. The lowest BCUT2D eigenvalue weighted by Crippen LogP contribution is -2.21. The van der Waals surface area contributed by atoms with Gasteiger partial charge in [0.1, 0.15) is 0 Å². The van der Waals surface area contributed by atoms with Crippen LogP contribution in [-0.2, 0) is 4.79 Å². The van der Waals surface area contributed by atoms with Gasteiger partial charge in [-0.3, -0.25) is 4.79 Å². The zero-order valence-corrected chi connectivity index (χ0v) is 17.8. The van der Waals surface area contributed by atoms with Crippen molar-refractivity contribution in [1.82, 2.24) is 4.57 Å². The first-order chi connectivity index (χ1) is 13.9. The number of anilines is 1. The Morgan fingerprint density at radius 3 is 2.41 bits per heavy atom. The molecule has 0 radical (unpaired) electrons. The molecule has 0 saturated heterocycles. The Morgan fingerprint density at radius 1 is 0.966 bits per heavy atom. The minimum Gasteiger partial charge on any atom is -0.316 e. The van der Waals surface area contributed by atoms with E-state index >= 15 is 0 Å². The first-order valence-corrected chi connectivity index (χ1v) is 9.93. The molecule has 0 spiro atoms. The number of carbonyl (C=O) groups is 1. The Labute approximate surface area is 179 Å². The lowest BCUT2D eigenvalue weighted by Gasteiger charge is -2.12. The molecule has 0 unspecified atom stereocenters. The summed E-state index contributed by atoms with van der Waals surface area (Å²) in [6.07, 6.45) is 1.89. The van der Waals surface area contributed by atoms with Crippen molar-refractivity contribution < 1.29 is 4.79 Å². The highest BCUT2D eigenvalue weighted by Gasteiger charge is 2.29. The molecule has 0 atom stereocenters. The highest BCUT2D eigenvalue weighted by atomic mass is 35.5. The Hall–Kier alpha value is -2.82. The van der Waals surface area contributed by atoms with Crippen molar-refractivity contribution >= 4 is 46.6 Å². The van der Waals surface area contributed by atoms with Crippen LogP contribution in [0.15, 0.2) is 65.3 Å². The zero-order valence-electron chi connectivity index (χ0n) is 16.3. The molecular weight excluding hydrogens is 405 g/mol. The van der Waals surface area contributed by atoms with Crippen molar-refractivity contribution in [2.45, 2.75) is 20.8 Å². The van der Waals surface area contributed by atoms with Gasteiger partial charge in [0.15, 0.2) is 0 Å². The number of para-hydroxylation sites is 1. The van der Waals surface area contributed by atoms with Gasteiger partial charge in [-0.2, -0.15) is 10.1 Å². The van der Waals surface area contributed by atoms with Crippen LogP contribution < -0.4 is 5.01 Å². The molecule has 0 saturated carbocycles. The maximum Gasteiger partial charge on any atom is 0.280 e. The lowest BCUT2D eigenvalue weighted by atomic mass is 10.1.